The highest BCUT2D eigenvalue weighted by Crippen LogP contribution is 2.28. The summed E-state index contributed by atoms with van der Waals surface area (Å²) in [7, 11) is 3.52. The maximum absolute atomic E-state index is 11.9. The number of likely N-dealkylation sites (tertiary alicyclic amines) is 1. The number of carbonyl (C=O) groups excluding carboxylic acids is 1. The summed E-state index contributed by atoms with van der Waals surface area (Å²) in [5.74, 6) is -0.389. The fraction of sp³-hybridized carbons (Fsp3) is 0.471. The zero-order valence-electron chi connectivity index (χ0n) is 14.3. The topological polar surface area (TPSA) is 72.3 Å². The molecular weight excluding hydrogens is 306 g/mol. The van der Waals surface area contributed by atoms with E-state index in [0.717, 1.165) is 37.3 Å². The summed E-state index contributed by atoms with van der Waals surface area (Å²) in [5.41, 5.74) is 3.02. The first kappa shape index (κ1) is 16.4. The average Bonchev–Trinajstić information content (AvgIpc) is 2.96. The normalized spacial score (nSPS) is 16.1. The molecule has 0 aromatic carbocycles. The van der Waals surface area contributed by atoms with E-state index in [1.165, 1.54) is 7.11 Å². The Morgan fingerprint density at radius 2 is 2.04 bits per heavy atom. The summed E-state index contributed by atoms with van der Waals surface area (Å²) in [6, 6.07) is 2.07. The first-order chi connectivity index (χ1) is 11.6. The summed E-state index contributed by atoms with van der Waals surface area (Å²) in [6.07, 6.45) is 7.20. The van der Waals surface area contributed by atoms with E-state index < -0.39 is 0 Å². The van der Waals surface area contributed by atoms with Crippen LogP contribution < -0.4 is 5.32 Å². The van der Waals surface area contributed by atoms with E-state index in [-0.39, 0.29) is 5.97 Å². The van der Waals surface area contributed by atoms with Crippen LogP contribution in [0.5, 0.6) is 0 Å². The van der Waals surface area contributed by atoms with Crippen LogP contribution >= 0.6 is 0 Å². The summed E-state index contributed by atoms with van der Waals surface area (Å²) in [6.45, 7) is 4.21. The number of methoxy groups -OCH3 is 1. The Bertz CT molecular complexity index is 720. The van der Waals surface area contributed by atoms with Gasteiger partial charge < -0.3 is 15.0 Å². The van der Waals surface area contributed by atoms with Gasteiger partial charge in [-0.2, -0.15) is 5.10 Å². The van der Waals surface area contributed by atoms with E-state index in [9.17, 15) is 4.79 Å². The highest BCUT2D eigenvalue weighted by molar-refractivity contribution is 5.96. The van der Waals surface area contributed by atoms with Crippen LogP contribution in [0.3, 0.4) is 0 Å². The maximum atomic E-state index is 11.9. The molecule has 24 heavy (non-hydrogen) atoms. The van der Waals surface area contributed by atoms with Gasteiger partial charge in [-0.15, -0.1) is 0 Å². The summed E-state index contributed by atoms with van der Waals surface area (Å²) >= 11 is 0. The van der Waals surface area contributed by atoms with Crippen molar-refractivity contribution in [2.75, 3.05) is 32.6 Å². The molecule has 7 heteroatoms. The molecule has 128 valence electrons. The second-order valence-electron chi connectivity index (χ2n) is 6.16. The second-order valence-corrected chi connectivity index (χ2v) is 6.16. The van der Waals surface area contributed by atoms with Gasteiger partial charge in [0.25, 0.3) is 0 Å². The second kappa shape index (κ2) is 7.00. The van der Waals surface area contributed by atoms with Crippen LogP contribution in [0, 0.1) is 6.92 Å². The Balaban J connectivity index is 1.81. The van der Waals surface area contributed by atoms with Gasteiger partial charge in [0.05, 0.1) is 48.2 Å². The number of nitrogens with one attached hydrogen (secondary N) is 1. The van der Waals surface area contributed by atoms with Crippen LogP contribution in [0.4, 0.5) is 11.4 Å². The molecule has 7 nitrogen and oxygen atoms in total. The van der Waals surface area contributed by atoms with E-state index in [4.69, 9.17) is 4.74 Å². The highest BCUT2D eigenvalue weighted by atomic mass is 16.5. The van der Waals surface area contributed by atoms with Crippen LogP contribution in [-0.4, -0.2) is 52.9 Å². The molecule has 0 atom stereocenters. The number of hydrogen-bond acceptors (Lipinski definition) is 6. The SMILES string of the molecule is COC(=O)c1ccncc1Nc1cnn(C2CCN(C)CC2)c1C. The van der Waals surface area contributed by atoms with E-state index in [0.29, 0.717) is 17.3 Å². The Kier molecular flexibility index (Phi) is 4.80. The van der Waals surface area contributed by atoms with Crippen molar-refractivity contribution in [1.29, 1.82) is 0 Å². The smallest absolute Gasteiger partial charge is 0.340 e. The Morgan fingerprint density at radius 3 is 2.75 bits per heavy atom. The van der Waals surface area contributed by atoms with Crippen molar-refractivity contribution >= 4 is 17.3 Å². The monoisotopic (exact) mass is 329 g/mol. The minimum Gasteiger partial charge on any atom is -0.465 e. The first-order valence-corrected chi connectivity index (χ1v) is 8.12. The van der Waals surface area contributed by atoms with Crippen LogP contribution in [-0.2, 0) is 4.74 Å². The number of piperidine rings is 1. The molecule has 1 aliphatic rings. The number of ether oxygens (including phenoxy) is 1. The van der Waals surface area contributed by atoms with Crippen LogP contribution in [0.15, 0.2) is 24.7 Å². The molecule has 0 saturated carbocycles. The molecule has 3 heterocycles. The molecule has 0 unspecified atom stereocenters. The number of hydrogen-bond donors (Lipinski definition) is 1. The van der Waals surface area contributed by atoms with E-state index in [1.54, 1.807) is 18.5 Å². The summed E-state index contributed by atoms with van der Waals surface area (Å²) in [4.78, 5) is 18.3. The lowest BCUT2D eigenvalue weighted by Crippen LogP contribution is -2.32. The lowest BCUT2D eigenvalue weighted by atomic mass is 10.1. The molecule has 0 amide bonds. The van der Waals surface area contributed by atoms with Gasteiger partial charge in [-0.3, -0.25) is 9.67 Å². The van der Waals surface area contributed by atoms with E-state index >= 15 is 0 Å². The molecule has 2 aromatic heterocycles. The van der Waals surface area contributed by atoms with Crippen molar-refractivity contribution in [3.05, 3.63) is 35.9 Å². The molecule has 0 aliphatic carbocycles. The molecule has 0 bridgehead atoms. The van der Waals surface area contributed by atoms with Crippen LogP contribution in [0.1, 0.15) is 34.9 Å². The van der Waals surface area contributed by atoms with Crippen molar-refractivity contribution in [2.45, 2.75) is 25.8 Å². The van der Waals surface area contributed by atoms with Gasteiger partial charge in [-0.25, -0.2) is 4.79 Å². The first-order valence-electron chi connectivity index (χ1n) is 8.12. The highest BCUT2D eigenvalue weighted by Gasteiger charge is 2.22. The van der Waals surface area contributed by atoms with Gasteiger partial charge in [-0.05, 0) is 46.0 Å². The fourth-order valence-corrected chi connectivity index (χ4v) is 3.08. The fourth-order valence-electron chi connectivity index (χ4n) is 3.08. The largest absolute Gasteiger partial charge is 0.465 e. The quantitative estimate of drug-likeness (QED) is 0.868. The molecule has 2 aromatic rings. The number of anilines is 2. The lowest BCUT2D eigenvalue weighted by molar-refractivity contribution is 0.0602. The molecule has 1 saturated heterocycles. The average molecular weight is 329 g/mol. The van der Waals surface area contributed by atoms with Gasteiger partial charge in [0.2, 0.25) is 0 Å². The third kappa shape index (κ3) is 3.26. The van der Waals surface area contributed by atoms with Crippen molar-refractivity contribution < 1.29 is 9.53 Å². The number of carbonyl (C=O) groups is 1. The zero-order chi connectivity index (χ0) is 17.1. The van der Waals surface area contributed by atoms with Crippen molar-refractivity contribution in [1.82, 2.24) is 19.7 Å². The van der Waals surface area contributed by atoms with E-state index in [2.05, 4.69) is 32.0 Å². The number of aromatic nitrogens is 3. The minimum atomic E-state index is -0.389. The molecule has 0 radical (unpaired) electrons. The number of esters is 1. The van der Waals surface area contributed by atoms with Crippen molar-refractivity contribution in [3.63, 3.8) is 0 Å². The lowest BCUT2D eigenvalue weighted by Gasteiger charge is -2.29. The maximum Gasteiger partial charge on any atom is 0.340 e. The Hall–Kier alpha value is -2.41. The van der Waals surface area contributed by atoms with Crippen molar-refractivity contribution in [2.24, 2.45) is 0 Å². The van der Waals surface area contributed by atoms with Crippen LogP contribution in [0.2, 0.25) is 0 Å². The molecule has 1 N–H and O–H groups in total. The third-order valence-electron chi connectivity index (χ3n) is 4.57. The molecule has 0 spiro atoms. The summed E-state index contributed by atoms with van der Waals surface area (Å²) in [5, 5.41) is 7.82. The molecule has 1 fully saturated rings. The van der Waals surface area contributed by atoms with Gasteiger partial charge in [0, 0.05) is 6.20 Å². The molecule has 3 rings (SSSR count). The van der Waals surface area contributed by atoms with Gasteiger partial charge in [0.1, 0.15) is 0 Å². The van der Waals surface area contributed by atoms with Crippen molar-refractivity contribution in [3.8, 4) is 0 Å². The predicted molar refractivity (Wildman–Crippen MR) is 91.6 cm³/mol. The van der Waals surface area contributed by atoms with Gasteiger partial charge in [-0.1, -0.05) is 0 Å². The number of pyridine rings is 1. The molecular formula is C17H23N5O2. The van der Waals surface area contributed by atoms with Gasteiger partial charge in [0.15, 0.2) is 0 Å². The standard InChI is InChI=1S/C17H23N5O2/c1-12-15(11-19-22(12)13-5-8-21(2)9-6-13)20-16-10-18-7-4-14(16)17(23)24-3/h4,7,10-11,13,20H,5-6,8-9H2,1-3H3. The number of rotatable bonds is 4. The Morgan fingerprint density at radius 1 is 1.29 bits per heavy atom. The zero-order valence-corrected chi connectivity index (χ0v) is 14.3. The summed E-state index contributed by atoms with van der Waals surface area (Å²) < 4.78 is 6.91. The van der Waals surface area contributed by atoms with E-state index in [1.807, 2.05) is 13.1 Å². The predicted octanol–water partition coefficient (Wildman–Crippen LogP) is 2.38. The van der Waals surface area contributed by atoms with Gasteiger partial charge >= 0.3 is 5.97 Å². The minimum absolute atomic E-state index is 0.389. The van der Waals surface area contributed by atoms with Crippen LogP contribution in [0.25, 0.3) is 0 Å². The Labute approximate surface area is 141 Å². The molecule has 1 aliphatic heterocycles. The number of nitrogens with zero attached hydrogens (tertiary/aromatic N) is 4. The third-order valence-corrected chi connectivity index (χ3v) is 4.57.